The fraction of sp³-hybridized carbons (Fsp3) is 0.211. The number of hydrogen-bond donors (Lipinski definition) is 2. The first-order valence-corrected chi connectivity index (χ1v) is 9.82. The van der Waals surface area contributed by atoms with E-state index in [0.717, 1.165) is 4.70 Å². The number of hydrogen-bond acceptors (Lipinski definition) is 9. The molecule has 0 saturated carbocycles. The summed E-state index contributed by atoms with van der Waals surface area (Å²) >= 11 is 1.28. The van der Waals surface area contributed by atoms with Crippen LogP contribution in [0.3, 0.4) is 0 Å². The van der Waals surface area contributed by atoms with Gasteiger partial charge in [-0.1, -0.05) is 11.3 Å². The smallest absolute Gasteiger partial charge is 0.315 e. The summed E-state index contributed by atoms with van der Waals surface area (Å²) < 4.78 is 11.6. The number of ether oxygens (including phenoxy) is 2. The minimum absolute atomic E-state index is 0.0580. The molecule has 156 valence electrons. The van der Waals surface area contributed by atoms with Gasteiger partial charge in [0.05, 0.1) is 34.6 Å². The van der Waals surface area contributed by atoms with E-state index in [-0.39, 0.29) is 23.8 Å². The van der Waals surface area contributed by atoms with Crippen molar-refractivity contribution in [3.05, 3.63) is 51.6 Å². The first-order valence-electron chi connectivity index (χ1n) is 9.00. The van der Waals surface area contributed by atoms with Crippen LogP contribution >= 0.6 is 11.3 Å². The first kappa shape index (κ1) is 21.0. The first-order chi connectivity index (χ1) is 14.4. The van der Waals surface area contributed by atoms with Gasteiger partial charge in [-0.2, -0.15) is 5.10 Å². The molecule has 3 aromatic rings. The lowest BCUT2D eigenvalue weighted by atomic mass is 10.2. The standard InChI is InChI=1S/C19H19N5O5S/c1-3-28-15-8-11(7-14(24(26)27)17(15)29-4-2)10-21-23-18(25)12-5-6-13-16(9-12)30-19(20)22-13/h5-10H,3-4H2,1-2H3,(H2,20,22)(H,23,25)/b21-10-. The number of thiazole rings is 1. The van der Waals surface area contributed by atoms with Crippen molar-refractivity contribution in [2.24, 2.45) is 5.10 Å². The molecular formula is C19H19N5O5S. The van der Waals surface area contributed by atoms with Gasteiger partial charge in [-0.25, -0.2) is 10.4 Å². The van der Waals surface area contributed by atoms with Crippen molar-refractivity contribution in [1.82, 2.24) is 10.4 Å². The van der Waals surface area contributed by atoms with Crippen LogP contribution < -0.4 is 20.6 Å². The number of anilines is 1. The molecule has 0 aliphatic heterocycles. The number of amides is 1. The fourth-order valence-electron chi connectivity index (χ4n) is 2.68. The molecule has 1 amide bonds. The van der Waals surface area contributed by atoms with E-state index >= 15 is 0 Å². The van der Waals surface area contributed by atoms with Crippen LogP contribution in [0, 0.1) is 10.1 Å². The molecule has 0 saturated heterocycles. The Morgan fingerprint density at radius 1 is 1.30 bits per heavy atom. The van der Waals surface area contributed by atoms with E-state index in [2.05, 4.69) is 15.5 Å². The number of nitrogens with two attached hydrogens (primary N) is 1. The van der Waals surface area contributed by atoms with E-state index in [1.807, 2.05) is 0 Å². The third-order valence-corrected chi connectivity index (χ3v) is 4.74. The number of benzene rings is 2. The van der Waals surface area contributed by atoms with Crippen LogP contribution in [-0.4, -0.2) is 35.2 Å². The summed E-state index contributed by atoms with van der Waals surface area (Å²) in [6, 6.07) is 7.84. The van der Waals surface area contributed by atoms with Crippen molar-refractivity contribution in [2.45, 2.75) is 13.8 Å². The molecule has 0 unspecified atom stereocenters. The SMILES string of the molecule is CCOc1cc(/C=N\NC(=O)c2ccc3nc(N)sc3c2)cc([N+](=O)[O-])c1OCC. The maximum Gasteiger partial charge on any atom is 0.315 e. The number of nitro benzene ring substituents is 1. The van der Waals surface area contributed by atoms with Crippen LogP contribution in [-0.2, 0) is 0 Å². The lowest BCUT2D eigenvalue weighted by Crippen LogP contribution is -2.17. The number of nitro groups is 1. The number of rotatable bonds is 8. The van der Waals surface area contributed by atoms with Crippen LogP contribution in [0.4, 0.5) is 10.8 Å². The van der Waals surface area contributed by atoms with E-state index in [1.165, 1.54) is 23.6 Å². The molecule has 11 heteroatoms. The Hall–Kier alpha value is -3.73. The quantitative estimate of drug-likeness (QED) is 0.318. The molecular weight excluding hydrogens is 410 g/mol. The van der Waals surface area contributed by atoms with Crippen molar-refractivity contribution >= 4 is 44.5 Å². The summed E-state index contributed by atoms with van der Waals surface area (Å²) in [5, 5.41) is 15.7. The van der Waals surface area contributed by atoms with Gasteiger partial charge in [-0.3, -0.25) is 14.9 Å². The second-order valence-electron chi connectivity index (χ2n) is 5.92. The summed E-state index contributed by atoms with van der Waals surface area (Å²) in [6.07, 6.45) is 1.30. The molecule has 0 spiro atoms. The Morgan fingerprint density at radius 3 is 2.77 bits per heavy atom. The van der Waals surface area contributed by atoms with Gasteiger partial charge in [0.25, 0.3) is 5.91 Å². The third kappa shape index (κ3) is 4.63. The predicted molar refractivity (Wildman–Crippen MR) is 115 cm³/mol. The van der Waals surface area contributed by atoms with Gasteiger partial charge in [0, 0.05) is 17.2 Å². The van der Waals surface area contributed by atoms with Gasteiger partial charge in [0.2, 0.25) is 5.75 Å². The van der Waals surface area contributed by atoms with Gasteiger partial charge in [0.15, 0.2) is 10.9 Å². The lowest BCUT2D eigenvalue weighted by molar-refractivity contribution is -0.385. The van der Waals surface area contributed by atoms with Crippen LogP contribution in [0.1, 0.15) is 29.8 Å². The molecule has 3 N–H and O–H groups in total. The molecule has 1 aromatic heterocycles. The van der Waals surface area contributed by atoms with Crippen molar-refractivity contribution in [3.8, 4) is 11.5 Å². The number of fused-ring (bicyclic) bond motifs is 1. The molecule has 3 rings (SSSR count). The number of aromatic nitrogens is 1. The summed E-state index contributed by atoms with van der Waals surface area (Å²) in [5.41, 5.74) is 9.30. The zero-order chi connectivity index (χ0) is 21.7. The summed E-state index contributed by atoms with van der Waals surface area (Å²) in [6.45, 7) is 4.04. The molecule has 0 radical (unpaired) electrons. The van der Waals surface area contributed by atoms with E-state index < -0.39 is 10.8 Å². The highest BCUT2D eigenvalue weighted by Crippen LogP contribution is 2.38. The van der Waals surface area contributed by atoms with Crippen LogP contribution in [0.2, 0.25) is 0 Å². The molecule has 0 aliphatic rings. The minimum Gasteiger partial charge on any atom is -0.490 e. The normalized spacial score (nSPS) is 11.0. The van der Waals surface area contributed by atoms with E-state index in [1.54, 1.807) is 38.1 Å². The number of nitrogens with one attached hydrogen (secondary N) is 1. The van der Waals surface area contributed by atoms with Gasteiger partial charge in [0.1, 0.15) is 0 Å². The number of hydrazone groups is 1. The number of carbonyl (C=O) groups excluding carboxylic acids is 1. The Bertz CT molecular complexity index is 1130. The maximum absolute atomic E-state index is 12.3. The zero-order valence-corrected chi connectivity index (χ0v) is 17.1. The van der Waals surface area contributed by atoms with E-state index in [9.17, 15) is 14.9 Å². The van der Waals surface area contributed by atoms with Gasteiger partial charge in [-0.05, 0) is 38.1 Å². The Morgan fingerprint density at radius 2 is 2.07 bits per heavy atom. The molecule has 2 aromatic carbocycles. The Kier molecular flexibility index (Phi) is 6.42. The molecule has 0 aliphatic carbocycles. The lowest BCUT2D eigenvalue weighted by Gasteiger charge is -2.11. The maximum atomic E-state index is 12.3. The number of nitrogen functional groups attached to an aromatic ring is 1. The van der Waals surface area contributed by atoms with Gasteiger partial charge in [-0.15, -0.1) is 0 Å². The highest BCUT2D eigenvalue weighted by atomic mass is 32.1. The summed E-state index contributed by atoms with van der Waals surface area (Å²) in [7, 11) is 0. The third-order valence-electron chi connectivity index (χ3n) is 3.89. The molecule has 30 heavy (non-hydrogen) atoms. The van der Waals surface area contributed by atoms with Gasteiger partial charge >= 0.3 is 5.69 Å². The van der Waals surface area contributed by atoms with Crippen molar-refractivity contribution in [2.75, 3.05) is 18.9 Å². The highest BCUT2D eigenvalue weighted by molar-refractivity contribution is 7.22. The average Bonchev–Trinajstić information content (AvgIpc) is 3.08. The van der Waals surface area contributed by atoms with Gasteiger partial charge < -0.3 is 15.2 Å². The minimum atomic E-state index is -0.556. The van der Waals surface area contributed by atoms with Crippen molar-refractivity contribution in [3.63, 3.8) is 0 Å². The average molecular weight is 429 g/mol. The monoisotopic (exact) mass is 429 g/mol. The van der Waals surface area contributed by atoms with E-state index in [4.69, 9.17) is 15.2 Å². The van der Waals surface area contributed by atoms with Crippen molar-refractivity contribution < 1.29 is 19.2 Å². The molecule has 10 nitrogen and oxygen atoms in total. The summed E-state index contributed by atoms with van der Waals surface area (Å²) in [4.78, 5) is 27.4. The molecule has 0 fully saturated rings. The predicted octanol–water partition coefficient (Wildman–Crippen LogP) is 3.35. The largest absolute Gasteiger partial charge is 0.490 e. The Balaban J connectivity index is 1.81. The number of nitrogens with zero attached hydrogens (tertiary/aromatic N) is 3. The second kappa shape index (κ2) is 9.18. The van der Waals surface area contributed by atoms with Crippen molar-refractivity contribution in [1.29, 1.82) is 0 Å². The van der Waals surface area contributed by atoms with E-state index in [0.29, 0.717) is 28.4 Å². The number of carbonyl (C=O) groups is 1. The topological polar surface area (TPSA) is 142 Å². The zero-order valence-electron chi connectivity index (χ0n) is 16.2. The second-order valence-corrected chi connectivity index (χ2v) is 6.99. The highest BCUT2D eigenvalue weighted by Gasteiger charge is 2.22. The molecule has 1 heterocycles. The summed E-state index contributed by atoms with van der Waals surface area (Å²) in [5.74, 6) is -0.150. The van der Waals surface area contributed by atoms with Crippen LogP contribution in [0.5, 0.6) is 11.5 Å². The molecule has 0 bridgehead atoms. The van der Waals surface area contributed by atoms with Crippen LogP contribution in [0.15, 0.2) is 35.4 Å². The Labute approximate surface area is 175 Å². The fourth-order valence-corrected chi connectivity index (χ4v) is 3.46. The van der Waals surface area contributed by atoms with Crippen LogP contribution in [0.25, 0.3) is 10.2 Å². The molecule has 0 atom stereocenters.